The van der Waals surface area contributed by atoms with Crippen molar-refractivity contribution >= 4 is 17.8 Å². The highest BCUT2D eigenvalue weighted by molar-refractivity contribution is 5.94. The van der Waals surface area contributed by atoms with Crippen LogP contribution in [-0.2, 0) is 10.2 Å². The van der Waals surface area contributed by atoms with Gasteiger partial charge in [-0.3, -0.25) is 4.79 Å². The van der Waals surface area contributed by atoms with Gasteiger partial charge in [0.1, 0.15) is 12.4 Å². The van der Waals surface area contributed by atoms with Gasteiger partial charge < -0.3 is 15.1 Å². The van der Waals surface area contributed by atoms with E-state index < -0.39 is 0 Å². The molecule has 1 aromatic heterocycles. The van der Waals surface area contributed by atoms with Crippen molar-refractivity contribution in [3.63, 3.8) is 0 Å². The van der Waals surface area contributed by atoms with E-state index in [2.05, 4.69) is 26.1 Å². The van der Waals surface area contributed by atoms with Crippen molar-refractivity contribution in [2.24, 2.45) is 0 Å². The van der Waals surface area contributed by atoms with Crippen molar-refractivity contribution in [3.8, 4) is 5.69 Å². The van der Waals surface area contributed by atoms with Gasteiger partial charge in [-0.15, -0.1) is 0 Å². The van der Waals surface area contributed by atoms with Gasteiger partial charge >= 0.3 is 6.03 Å². The summed E-state index contributed by atoms with van der Waals surface area (Å²) >= 11 is 0. The number of anilines is 1. The normalized spacial score (nSPS) is 11.2. The van der Waals surface area contributed by atoms with E-state index in [9.17, 15) is 9.59 Å². The lowest BCUT2D eigenvalue weighted by atomic mass is 9.92. The number of urea groups is 1. The van der Waals surface area contributed by atoms with Crippen molar-refractivity contribution in [1.29, 1.82) is 0 Å². The van der Waals surface area contributed by atoms with Crippen LogP contribution < -0.4 is 5.32 Å². The third kappa shape index (κ3) is 5.12. The molecule has 3 amide bonds. The lowest BCUT2D eigenvalue weighted by Gasteiger charge is -2.24. The van der Waals surface area contributed by atoms with Gasteiger partial charge in [0.25, 0.3) is 0 Å². The van der Waals surface area contributed by atoms with Crippen LogP contribution in [0.3, 0.4) is 0 Å². The minimum absolute atomic E-state index is 0.0165. The Morgan fingerprint density at radius 3 is 2.39 bits per heavy atom. The average molecular weight is 386 g/mol. The Bertz CT molecular complexity index is 849. The Labute approximate surface area is 167 Å². The Morgan fingerprint density at radius 1 is 1.18 bits per heavy atom. The number of hydrogen-bond acceptors (Lipinski definition) is 3. The Morgan fingerprint density at radius 2 is 1.86 bits per heavy atom. The van der Waals surface area contributed by atoms with Crippen molar-refractivity contribution in [2.45, 2.75) is 40.0 Å². The number of benzene rings is 1. The summed E-state index contributed by atoms with van der Waals surface area (Å²) in [6.07, 6.45) is 0. The maximum absolute atomic E-state index is 12.7. The molecule has 28 heavy (non-hydrogen) atoms. The molecule has 0 atom stereocenters. The van der Waals surface area contributed by atoms with E-state index in [1.165, 1.54) is 9.80 Å². The predicted molar refractivity (Wildman–Crippen MR) is 112 cm³/mol. The second kappa shape index (κ2) is 8.46. The number of likely N-dealkylation sites (N-methyl/N-ethyl adjacent to an activating group) is 1. The number of nitrogens with zero attached hydrogens (tertiary/aromatic N) is 4. The lowest BCUT2D eigenvalue weighted by Crippen LogP contribution is -2.43. The fraction of sp³-hybridized carbons (Fsp3) is 0.476. The highest BCUT2D eigenvalue weighted by atomic mass is 16.2. The van der Waals surface area contributed by atoms with Crippen LogP contribution in [-0.4, -0.2) is 58.7 Å². The van der Waals surface area contributed by atoms with E-state index in [4.69, 9.17) is 5.10 Å². The number of carbonyl (C=O) groups excluding carboxylic acids is 2. The van der Waals surface area contributed by atoms with Gasteiger partial charge in [0.2, 0.25) is 5.91 Å². The molecule has 0 radical (unpaired) electrons. The van der Waals surface area contributed by atoms with Gasteiger partial charge in [0.05, 0.1) is 11.4 Å². The number of carbonyl (C=O) groups is 2. The molecule has 0 bridgehead atoms. The van der Waals surface area contributed by atoms with Crippen LogP contribution in [0.25, 0.3) is 5.69 Å². The van der Waals surface area contributed by atoms with Crippen LogP contribution in [0.5, 0.6) is 0 Å². The summed E-state index contributed by atoms with van der Waals surface area (Å²) in [5.41, 5.74) is 2.70. The first-order chi connectivity index (χ1) is 13.0. The number of rotatable bonds is 5. The maximum atomic E-state index is 12.7. The minimum Gasteiger partial charge on any atom is -0.331 e. The topological polar surface area (TPSA) is 70.5 Å². The zero-order valence-electron chi connectivity index (χ0n) is 17.9. The lowest BCUT2D eigenvalue weighted by molar-refractivity contribution is -0.116. The van der Waals surface area contributed by atoms with Gasteiger partial charge in [0.15, 0.2) is 0 Å². The fourth-order valence-electron chi connectivity index (χ4n) is 2.75. The van der Waals surface area contributed by atoms with Crippen LogP contribution in [0.15, 0.2) is 30.3 Å². The number of hydrogen-bond donors (Lipinski definition) is 1. The van der Waals surface area contributed by atoms with Gasteiger partial charge in [-0.25, -0.2) is 9.48 Å². The van der Waals surface area contributed by atoms with E-state index in [1.54, 1.807) is 18.8 Å². The molecule has 7 heteroatoms. The van der Waals surface area contributed by atoms with Crippen LogP contribution in [0.4, 0.5) is 10.6 Å². The number of nitrogens with one attached hydrogen (secondary N) is 1. The summed E-state index contributed by atoms with van der Waals surface area (Å²) in [6, 6.07) is 9.65. The molecule has 1 aromatic carbocycles. The van der Waals surface area contributed by atoms with Gasteiger partial charge in [0, 0.05) is 32.1 Å². The molecular weight excluding hydrogens is 354 g/mol. The van der Waals surface area contributed by atoms with E-state index in [1.807, 2.05) is 44.2 Å². The monoisotopic (exact) mass is 385 g/mol. The third-order valence-corrected chi connectivity index (χ3v) is 4.36. The first-order valence-corrected chi connectivity index (χ1v) is 9.46. The summed E-state index contributed by atoms with van der Waals surface area (Å²) in [6.45, 7) is 10.5. The van der Waals surface area contributed by atoms with Crippen molar-refractivity contribution in [2.75, 3.05) is 32.5 Å². The number of aryl methyl sites for hydroxylation is 1. The van der Waals surface area contributed by atoms with Crippen LogP contribution in [0.2, 0.25) is 0 Å². The molecule has 0 saturated carbocycles. The van der Waals surface area contributed by atoms with Crippen LogP contribution in [0, 0.1) is 6.92 Å². The highest BCUT2D eigenvalue weighted by Crippen LogP contribution is 2.26. The van der Waals surface area contributed by atoms with Gasteiger partial charge in [-0.2, -0.15) is 5.10 Å². The molecule has 0 saturated heterocycles. The van der Waals surface area contributed by atoms with Crippen molar-refractivity contribution in [1.82, 2.24) is 19.6 Å². The summed E-state index contributed by atoms with van der Waals surface area (Å²) in [4.78, 5) is 27.8. The number of amides is 3. The Hall–Kier alpha value is -2.83. The maximum Gasteiger partial charge on any atom is 0.319 e. The SMILES string of the molecule is CCN(CC(=O)Nc1cc(C(C)(C)C)nn1-c1cccc(C)c1)C(=O)N(C)C. The van der Waals surface area contributed by atoms with Crippen molar-refractivity contribution in [3.05, 3.63) is 41.6 Å². The van der Waals surface area contributed by atoms with Crippen molar-refractivity contribution < 1.29 is 9.59 Å². The summed E-state index contributed by atoms with van der Waals surface area (Å²) in [5, 5.41) is 7.65. The highest BCUT2D eigenvalue weighted by Gasteiger charge is 2.23. The molecule has 2 aromatic rings. The smallest absolute Gasteiger partial charge is 0.319 e. The quantitative estimate of drug-likeness (QED) is 0.857. The number of aromatic nitrogens is 2. The fourth-order valence-corrected chi connectivity index (χ4v) is 2.75. The molecule has 0 aliphatic rings. The zero-order valence-corrected chi connectivity index (χ0v) is 17.9. The minimum atomic E-state index is -0.258. The van der Waals surface area contributed by atoms with Gasteiger partial charge in [-0.05, 0) is 31.5 Å². The average Bonchev–Trinajstić information content (AvgIpc) is 3.03. The third-order valence-electron chi connectivity index (χ3n) is 4.36. The molecule has 1 N–H and O–H groups in total. The first kappa shape index (κ1) is 21.5. The molecule has 0 unspecified atom stereocenters. The van der Waals surface area contributed by atoms with E-state index >= 15 is 0 Å². The Balaban J connectivity index is 2.32. The largest absolute Gasteiger partial charge is 0.331 e. The summed E-state index contributed by atoms with van der Waals surface area (Å²) < 4.78 is 1.75. The first-order valence-electron chi connectivity index (χ1n) is 9.46. The standard InChI is InChI=1S/C21H31N5O2/c1-8-25(20(28)24(6)7)14-19(27)22-18-13-17(21(3,4)5)23-26(18)16-11-9-10-15(2)12-16/h9-13H,8,14H2,1-7H3,(H,22,27). The molecule has 1 heterocycles. The van der Waals surface area contributed by atoms with Crippen LogP contribution >= 0.6 is 0 Å². The summed E-state index contributed by atoms with van der Waals surface area (Å²) in [5.74, 6) is 0.334. The Kier molecular flexibility index (Phi) is 6.48. The molecular formula is C21H31N5O2. The molecule has 0 aliphatic heterocycles. The van der Waals surface area contributed by atoms with Crippen LogP contribution in [0.1, 0.15) is 39.0 Å². The molecule has 0 fully saturated rings. The second-order valence-corrected chi connectivity index (χ2v) is 8.15. The molecule has 2 rings (SSSR count). The van der Waals surface area contributed by atoms with E-state index in [-0.39, 0.29) is 23.9 Å². The van der Waals surface area contributed by atoms with E-state index in [0.717, 1.165) is 16.9 Å². The zero-order chi connectivity index (χ0) is 21.1. The molecule has 7 nitrogen and oxygen atoms in total. The predicted octanol–water partition coefficient (Wildman–Crippen LogP) is 3.42. The molecule has 152 valence electrons. The van der Waals surface area contributed by atoms with E-state index in [0.29, 0.717) is 12.4 Å². The molecule has 0 spiro atoms. The summed E-state index contributed by atoms with van der Waals surface area (Å²) in [7, 11) is 3.34. The van der Waals surface area contributed by atoms with Gasteiger partial charge in [-0.1, -0.05) is 32.9 Å². The second-order valence-electron chi connectivity index (χ2n) is 8.15. The molecule has 0 aliphatic carbocycles.